The Morgan fingerprint density at radius 1 is 0.778 bits per heavy atom. The zero-order valence-corrected chi connectivity index (χ0v) is 29.2. The van der Waals surface area contributed by atoms with E-state index >= 15 is 0 Å². The zero-order chi connectivity index (χ0) is 39.3. The number of aliphatic hydroxyl groups is 7. The summed E-state index contributed by atoms with van der Waals surface area (Å²) in [6.07, 6.45) is -19.8. The van der Waals surface area contributed by atoms with Crippen molar-refractivity contribution in [3.63, 3.8) is 0 Å². The summed E-state index contributed by atoms with van der Waals surface area (Å²) in [6, 6.07) is 8.49. The molecule has 0 amide bonds. The molecular formula is C35H46O19. The summed E-state index contributed by atoms with van der Waals surface area (Å²) < 4.78 is 44.7. The molecule has 0 saturated carbocycles. The Kier molecular flexibility index (Phi) is 14.1. The van der Waals surface area contributed by atoms with E-state index in [0.717, 1.165) is 6.08 Å². The van der Waals surface area contributed by atoms with E-state index in [-0.39, 0.29) is 36.0 Å². The van der Waals surface area contributed by atoms with E-state index in [1.807, 2.05) is 0 Å². The highest BCUT2D eigenvalue weighted by Gasteiger charge is 2.53. The molecule has 5 rings (SSSR count). The summed E-state index contributed by atoms with van der Waals surface area (Å²) >= 11 is 0. The average molecular weight is 771 g/mol. The third kappa shape index (κ3) is 9.76. The van der Waals surface area contributed by atoms with Gasteiger partial charge in [-0.1, -0.05) is 12.1 Å². The molecule has 300 valence electrons. The minimum atomic E-state index is -1.80. The lowest BCUT2D eigenvalue weighted by atomic mass is 9.97. The number of esters is 1. The third-order valence-corrected chi connectivity index (χ3v) is 9.18. The summed E-state index contributed by atoms with van der Waals surface area (Å²) in [4.78, 5) is 12.7. The fourth-order valence-corrected chi connectivity index (χ4v) is 6.00. The van der Waals surface area contributed by atoms with Gasteiger partial charge in [0.1, 0.15) is 67.6 Å². The minimum Gasteiger partial charge on any atom is -0.504 e. The Morgan fingerprint density at radius 3 is 2.22 bits per heavy atom. The smallest absolute Gasteiger partial charge is 0.330 e. The summed E-state index contributed by atoms with van der Waals surface area (Å²) in [5, 5.41) is 104. The minimum absolute atomic E-state index is 0.104. The normalized spacial score (nSPS) is 35.9. The molecule has 0 bridgehead atoms. The molecule has 19 nitrogen and oxygen atoms in total. The second-order valence-corrected chi connectivity index (χ2v) is 13.0. The van der Waals surface area contributed by atoms with Crippen LogP contribution in [0.2, 0.25) is 0 Å². The Bertz CT molecular complexity index is 1570. The number of methoxy groups -OCH3 is 1. The van der Waals surface area contributed by atoms with Crippen LogP contribution in [-0.4, -0.2) is 170 Å². The predicted octanol–water partition coefficient (Wildman–Crippen LogP) is -2.25. The first kappa shape index (κ1) is 41.5. The number of carbonyl (C=O) groups excluding carboxylic acids is 1. The van der Waals surface area contributed by atoms with Gasteiger partial charge in [-0.15, -0.1) is 0 Å². The van der Waals surface area contributed by atoms with Crippen LogP contribution in [-0.2, 0) is 44.4 Å². The van der Waals surface area contributed by atoms with Crippen molar-refractivity contribution in [3.8, 4) is 23.0 Å². The molecule has 3 heterocycles. The number of aliphatic hydroxyl groups excluding tert-OH is 7. The number of phenolic OH excluding ortho intramolecular Hbond substituents is 3. The van der Waals surface area contributed by atoms with Crippen molar-refractivity contribution in [2.45, 2.75) is 99.4 Å². The molecule has 0 aliphatic carbocycles. The van der Waals surface area contributed by atoms with Crippen molar-refractivity contribution in [1.29, 1.82) is 0 Å². The molecule has 3 aliphatic heterocycles. The average Bonchev–Trinajstić information content (AvgIpc) is 3.15. The molecule has 2 aromatic carbocycles. The van der Waals surface area contributed by atoms with Crippen LogP contribution in [0, 0.1) is 0 Å². The summed E-state index contributed by atoms with van der Waals surface area (Å²) in [5.41, 5.74) is 1.04. The predicted molar refractivity (Wildman–Crippen MR) is 179 cm³/mol. The number of phenols is 3. The molecular weight excluding hydrogens is 724 g/mol. The highest BCUT2D eigenvalue weighted by atomic mass is 16.8. The number of hydrogen-bond acceptors (Lipinski definition) is 19. The molecule has 54 heavy (non-hydrogen) atoms. The molecule has 10 N–H and O–H groups in total. The van der Waals surface area contributed by atoms with Crippen LogP contribution in [0.5, 0.6) is 23.0 Å². The van der Waals surface area contributed by atoms with E-state index in [0.29, 0.717) is 11.1 Å². The van der Waals surface area contributed by atoms with Gasteiger partial charge < -0.3 is 89.0 Å². The molecule has 0 radical (unpaired) electrons. The number of carbonyl (C=O) groups is 1. The van der Waals surface area contributed by atoms with Crippen molar-refractivity contribution in [2.24, 2.45) is 0 Å². The first-order chi connectivity index (χ1) is 25.7. The number of rotatable bonds is 13. The monoisotopic (exact) mass is 770 g/mol. The van der Waals surface area contributed by atoms with Crippen molar-refractivity contribution in [3.05, 3.63) is 53.6 Å². The lowest BCUT2D eigenvalue weighted by Crippen LogP contribution is -2.66. The number of aromatic hydroxyl groups is 3. The molecule has 3 saturated heterocycles. The Hall–Kier alpha value is -3.67. The zero-order valence-electron chi connectivity index (χ0n) is 29.2. The SMILES string of the molecule is COc1cc(/C=C/C(=O)OC[C@H]2O[C@@H](OCCc3ccc(O)c(O)c3)[C@H](O)[C@@H](O[C@@H]3O[C@@H](C)[C@H](O)[C@@H](O)[C@H]3O[C@@H]3OC[C@H](O)[C@@H](O)[C@H]3O)[C@@H]2O)ccc1O. The molecule has 14 atom stereocenters. The van der Waals surface area contributed by atoms with E-state index in [1.165, 1.54) is 56.5 Å². The van der Waals surface area contributed by atoms with Crippen LogP contribution in [0.4, 0.5) is 0 Å². The lowest BCUT2D eigenvalue weighted by molar-refractivity contribution is -0.381. The van der Waals surface area contributed by atoms with E-state index in [4.69, 9.17) is 37.9 Å². The van der Waals surface area contributed by atoms with Gasteiger partial charge in [-0.3, -0.25) is 0 Å². The second-order valence-electron chi connectivity index (χ2n) is 13.0. The molecule has 0 aromatic heterocycles. The van der Waals surface area contributed by atoms with Gasteiger partial charge in [0, 0.05) is 6.08 Å². The van der Waals surface area contributed by atoms with Gasteiger partial charge >= 0.3 is 5.97 Å². The molecule has 0 spiro atoms. The summed E-state index contributed by atoms with van der Waals surface area (Å²) in [7, 11) is 1.36. The van der Waals surface area contributed by atoms with E-state index in [2.05, 4.69) is 0 Å². The van der Waals surface area contributed by atoms with Crippen LogP contribution < -0.4 is 4.74 Å². The van der Waals surface area contributed by atoms with Gasteiger partial charge in [-0.05, 0) is 54.8 Å². The van der Waals surface area contributed by atoms with Gasteiger partial charge in [0.25, 0.3) is 0 Å². The lowest BCUT2D eigenvalue weighted by Gasteiger charge is -2.47. The van der Waals surface area contributed by atoms with Crippen LogP contribution in [0.1, 0.15) is 18.1 Å². The standard InChI is InChI=1S/C35H46O19/c1-15-25(41)28(44)32(54-33-29(45)26(42)21(39)13-50-33)35(51-15)53-31-27(43)23(14-49-24(40)8-5-16-4-7-19(37)22(12-16)47-2)52-34(30(31)46)48-10-9-17-3-6-18(36)20(38)11-17/h3-8,11-12,15,21,23,25-39,41-46H,9-10,13-14H2,1-2H3/b8-5+/t15-,21-,23+,25-,26+,27+,28+,29+,30+,31-,32+,33-,34+,35-/m0/s1. The summed E-state index contributed by atoms with van der Waals surface area (Å²) in [6.45, 7) is 0.238. The third-order valence-electron chi connectivity index (χ3n) is 9.18. The van der Waals surface area contributed by atoms with Crippen LogP contribution >= 0.6 is 0 Å². The van der Waals surface area contributed by atoms with Gasteiger partial charge in [0.2, 0.25) is 0 Å². The molecule has 2 aromatic rings. The van der Waals surface area contributed by atoms with Crippen molar-refractivity contribution in [1.82, 2.24) is 0 Å². The fraction of sp³-hybridized carbons (Fsp3) is 0.571. The maximum atomic E-state index is 12.7. The van der Waals surface area contributed by atoms with E-state index in [9.17, 15) is 55.9 Å². The molecule has 3 fully saturated rings. The molecule has 0 unspecified atom stereocenters. The maximum Gasteiger partial charge on any atom is 0.330 e. The summed E-state index contributed by atoms with van der Waals surface area (Å²) in [5.74, 6) is -1.48. The molecule has 3 aliphatic rings. The van der Waals surface area contributed by atoms with Crippen LogP contribution in [0.3, 0.4) is 0 Å². The Labute approximate surface area is 308 Å². The van der Waals surface area contributed by atoms with Crippen LogP contribution in [0.25, 0.3) is 6.08 Å². The second kappa shape index (κ2) is 18.3. The van der Waals surface area contributed by atoms with E-state index < -0.39 is 105 Å². The van der Waals surface area contributed by atoms with Gasteiger partial charge in [-0.2, -0.15) is 0 Å². The highest BCUT2D eigenvalue weighted by molar-refractivity contribution is 5.87. The Morgan fingerprint density at radius 2 is 1.50 bits per heavy atom. The van der Waals surface area contributed by atoms with Crippen molar-refractivity contribution >= 4 is 12.0 Å². The first-order valence-electron chi connectivity index (χ1n) is 17.0. The first-order valence-corrected chi connectivity index (χ1v) is 17.0. The number of ether oxygens (including phenoxy) is 8. The topological polar surface area (TPSA) is 293 Å². The van der Waals surface area contributed by atoms with Gasteiger partial charge in [0.05, 0.1) is 26.4 Å². The van der Waals surface area contributed by atoms with Crippen molar-refractivity contribution < 1.29 is 93.8 Å². The quantitative estimate of drug-likeness (QED) is 0.0585. The Balaban J connectivity index is 1.32. The largest absolute Gasteiger partial charge is 0.504 e. The highest BCUT2D eigenvalue weighted by Crippen LogP contribution is 2.33. The van der Waals surface area contributed by atoms with Crippen LogP contribution in [0.15, 0.2) is 42.5 Å². The number of hydrogen-bond donors (Lipinski definition) is 10. The fourth-order valence-electron chi connectivity index (χ4n) is 6.00. The van der Waals surface area contributed by atoms with Gasteiger partial charge in [0.15, 0.2) is 41.9 Å². The molecule has 19 heteroatoms. The van der Waals surface area contributed by atoms with E-state index in [1.54, 1.807) is 0 Å². The van der Waals surface area contributed by atoms with Crippen molar-refractivity contribution in [2.75, 3.05) is 26.9 Å². The maximum absolute atomic E-state index is 12.7. The van der Waals surface area contributed by atoms with Gasteiger partial charge in [-0.25, -0.2) is 4.79 Å². The number of benzene rings is 2.